The van der Waals surface area contributed by atoms with Crippen molar-refractivity contribution in [3.05, 3.63) is 23.4 Å². The average Bonchev–Trinajstić information content (AvgIpc) is 2.84. The molecule has 1 aliphatic carbocycles. The van der Waals surface area contributed by atoms with Gasteiger partial charge in [-0.3, -0.25) is 4.79 Å². The van der Waals surface area contributed by atoms with Crippen LogP contribution in [0.5, 0.6) is 0 Å². The number of carbonyl (C=O) groups excluding carboxylic acids is 1. The maximum absolute atomic E-state index is 12.8. The molecule has 1 amide bonds. The highest BCUT2D eigenvalue weighted by molar-refractivity contribution is 5.99. The summed E-state index contributed by atoms with van der Waals surface area (Å²) in [6, 6.07) is 3.84. The number of amides is 1. The second-order valence-corrected chi connectivity index (χ2v) is 6.90. The van der Waals surface area contributed by atoms with Crippen LogP contribution >= 0.6 is 0 Å². The predicted octanol–water partition coefficient (Wildman–Crippen LogP) is 1.78. The number of pyridine rings is 1. The summed E-state index contributed by atoms with van der Waals surface area (Å²) < 4.78 is 5.73. The van der Waals surface area contributed by atoms with E-state index in [2.05, 4.69) is 10.3 Å². The lowest BCUT2D eigenvalue weighted by Gasteiger charge is -2.60. The summed E-state index contributed by atoms with van der Waals surface area (Å²) in [6.45, 7) is 8.60. The van der Waals surface area contributed by atoms with Gasteiger partial charge in [-0.1, -0.05) is 13.8 Å². The van der Waals surface area contributed by atoms with Gasteiger partial charge in [-0.15, -0.1) is 0 Å². The van der Waals surface area contributed by atoms with Gasteiger partial charge in [0.05, 0.1) is 6.10 Å². The molecule has 1 saturated heterocycles. The fourth-order valence-corrected chi connectivity index (χ4v) is 3.97. The lowest BCUT2D eigenvalue weighted by molar-refractivity contribution is -0.170. The molecule has 21 heavy (non-hydrogen) atoms. The van der Waals surface area contributed by atoms with Crippen LogP contribution in [0, 0.1) is 25.2 Å². The number of carbonyl (C=O) groups is 1. The van der Waals surface area contributed by atoms with E-state index < -0.39 is 5.54 Å². The average molecular weight is 289 g/mol. The summed E-state index contributed by atoms with van der Waals surface area (Å²) in [5.41, 5.74) is 7.20. The van der Waals surface area contributed by atoms with E-state index in [1.54, 1.807) is 0 Å². The molecule has 3 atom stereocenters. The molecule has 2 heterocycles. The van der Waals surface area contributed by atoms with Crippen LogP contribution in [0.2, 0.25) is 0 Å². The van der Waals surface area contributed by atoms with Crippen LogP contribution < -0.4 is 11.1 Å². The maximum atomic E-state index is 12.8. The molecule has 2 aliphatic rings. The number of rotatable bonds is 2. The Kier molecular flexibility index (Phi) is 3.11. The molecule has 3 unspecified atom stereocenters. The van der Waals surface area contributed by atoms with Crippen LogP contribution in [-0.2, 0) is 9.53 Å². The Morgan fingerprint density at radius 3 is 2.81 bits per heavy atom. The van der Waals surface area contributed by atoms with Gasteiger partial charge < -0.3 is 15.8 Å². The van der Waals surface area contributed by atoms with Gasteiger partial charge in [0.15, 0.2) is 0 Å². The van der Waals surface area contributed by atoms with Crippen molar-refractivity contribution in [3.63, 3.8) is 0 Å². The summed E-state index contributed by atoms with van der Waals surface area (Å²) in [5, 5.41) is 2.90. The number of anilines is 1. The molecule has 1 aromatic heterocycles. The zero-order valence-corrected chi connectivity index (χ0v) is 13.1. The molecule has 0 bridgehead atoms. The van der Waals surface area contributed by atoms with Crippen LogP contribution in [-0.4, -0.2) is 29.1 Å². The van der Waals surface area contributed by atoms with E-state index in [1.165, 1.54) is 0 Å². The molecule has 114 valence electrons. The minimum Gasteiger partial charge on any atom is -0.377 e. The highest BCUT2D eigenvalue weighted by atomic mass is 16.5. The summed E-state index contributed by atoms with van der Waals surface area (Å²) in [5.74, 6) is 0.510. The third-order valence-electron chi connectivity index (χ3n) is 5.17. The van der Waals surface area contributed by atoms with E-state index in [-0.39, 0.29) is 23.3 Å². The number of ether oxygens (including phenoxy) is 1. The molecule has 2 fully saturated rings. The van der Waals surface area contributed by atoms with Gasteiger partial charge in [0.25, 0.3) is 0 Å². The van der Waals surface area contributed by atoms with Crippen molar-refractivity contribution in [1.29, 1.82) is 0 Å². The number of nitrogens with one attached hydrogen (secondary N) is 1. The standard InChI is InChI=1S/C16H23N3O2/c1-9-7-10(2)18-12(8-9)19-14(20)16(17)11-5-6-21-13(11)15(16,3)4/h7-8,11,13H,5-6,17H2,1-4H3,(H,18,19,20). The van der Waals surface area contributed by atoms with Crippen molar-refractivity contribution >= 4 is 11.7 Å². The summed E-state index contributed by atoms with van der Waals surface area (Å²) >= 11 is 0. The molecule has 1 aromatic rings. The summed E-state index contributed by atoms with van der Waals surface area (Å²) in [4.78, 5) is 17.1. The lowest BCUT2D eigenvalue weighted by atomic mass is 9.48. The van der Waals surface area contributed by atoms with Crippen molar-refractivity contribution in [2.24, 2.45) is 17.1 Å². The molecule has 3 N–H and O–H groups in total. The molecule has 5 heteroatoms. The number of aromatic nitrogens is 1. The molecule has 0 aromatic carbocycles. The Bertz CT molecular complexity index is 579. The highest BCUT2D eigenvalue weighted by Crippen LogP contribution is 2.58. The van der Waals surface area contributed by atoms with E-state index in [1.807, 2.05) is 39.8 Å². The van der Waals surface area contributed by atoms with Gasteiger partial charge in [-0.2, -0.15) is 0 Å². The summed E-state index contributed by atoms with van der Waals surface area (Å²) in [7, 11) is 0. The van der Waals surface area contributed by atoms with Gasteiger partial charge in [0, 0.05) is 23.6 Å². The molecule has 1 aliphatic heterocycles. The zero-order valence-electron chi connectivity index (χ0n) is 13.1. The van der Waals surface area contributed by atoms with E-state index in [0.717, 1.165) is 17.7 Å². The van der Waals surface area contributed by atoms with Crippen molar-refractivity contribution in [2.45, 2.75) is 45.8 Å². The first-order chi connectivity index (χ1) is 9.76. The molecule has 3 rings (SSSR count). The van der Waals surface area contributed by atoms with Gasteiger partial charge in [-0.05, 0) is 38.0 Å². The SMILES string of the molecule is Cc1cc(C)nc(NC(=O)C2(N)C3CCOC3C2(C)C)c1. The maximum Gasteiger partial charge on any atom is 0.246 e. The van der Waals surface area contributed by atoms with Crippen LogP contribution in [0.25, 0.3) is 0 Å². The first-order valence-corrected chi connectivity index (χ1v) is 7.44. The number of aryl methyl sites for hydroxylation is 2. The topological polar surface area (TPSA) is 77.2 Å². The molecule has 5 nitrogen and oxygen atoms in total. The third kappa shape index (κ3) is 1.91. The Morgan fingerprint density at radius 1 is 1.43 bits per heavy atom. The molecule has 0 radical (unpaired) electrons. The van der Waals surface area contributed by atoms with Crippen molar-refractivity contribution in [1.82, 2.24) is 4.98 Å². The van der Waals surface area contributed by atoms with Crippen LogP contribution in [0.1, 0.15) is 31.5 Å². The molecule has 0 spiro atoms. The van der Waals surface area contributed by atoms with Gasteiger partial charge in [-0.25, -0.2) is 4.98 Å². The minimum atomic E-state index is -0.895. The van der Waals surface area contributed by atoms with Crippen LogP contribution in [0.15, 0.2) is 12.1 Å². The van der Waals surface area contributed by atoms with Gasteiger partial charge >= 0.3 is 0 Å². The summed E-state index contributed by atoms with van der Waals surface area (Å²) in [6.07, 6.45) is 0.929. The molecular weight excluding hydrogens is 266 g/mol. The fraction of sp³-hybridized carbons (Fsp3) is 0.625. The Morgan fingerprint density at radius 2 is 2.14 bits per heavy atom. The van der Waals surface area contributed by atoms with E-state index in [4.69, 9.17) is 10.5 Å². The van der Waals surface area contributed by atoms with Crippen molar-refractivity contribution in [2.75, 3.05) is 11.9 Å². The second-order valence-electron chi connectivity index (χ2n) is 6.90. The van der Waals surface area contributed by atoms with E-state index in [0.29, 0.717) is 12.4 Å². The Labute approximate surface area is 125 Å². The number of fused-ring (bicyclic) bond motifs is 1. The predicted molar refractivity (Wildman–Crippen MR) is 80.9 cm³/mol. The largest absolute Gasteiger partial charge is 0.377 e. The van der Waals surface area contributed by atoms with Crippen LogP contribution in [0.4, 0.5) is 5.82 Å². The fourth-order valence-electron chi connectivity index (χ4n) is 3.97. The molecule has 1 saturated carbocycles. The smallest absolute Gasteiger partial charge is 0.246 e. The Balaban J connectivity index is 1.85. The molecular formula is C16H23N3O2. The van der Waals surface area contributed by atoms with Crippen LogP contribution in [0.3, 0.4) is 0 Å². The van der Waals surface area contributed by atoms with Crippen molar-refractivity contribution < 1.29 is 9.53 Å². The number of hydrogen-bond acceptors (Lipinski definition) is 4. The monoisotopic (exact) mass is 289 g/mol. The Hall–Kier alpha value is -1.46. The van der Waals surface area contributed by atoms with E-state index >= 15 is 0 Å². The number of nitrogens with zero attached hydrogens (tertiary/aromatic N) is 1. The minimum absolute atomic E-state index is 0.0838. The highest BCUT2D eigenvalue weighted by Gasteiger charge is 2.71. The van der Waals surface area contributed by atoms with E-state index in [9.17, 15) is 4.79 Å². The van der Waals surface area contributed by atoms with Gasteiger partial charge in [0.1, 0.15) is 11.4 Å². The van der Waals surface area contributed by atoms with Gasteiger partial charge in [0.2, 0.25) is 5.91 Å². The van der Waals surface area contributed by atoms with Crippen molar-refractivity contribution in [3.8, 4) is 0 Å². The number of nitrogens with two attached hydrogens (primary N) is 1. The lowest BCUT2D eigenvalue weighted by Crippen LogP contribution is -2.79. The first-order valence-electron chi connectivity index (χ1n) is 7.44. The normalized spacial score (nSPS) is 33.2. The second kappa shape index (κ2) is 4.52. The number of hydrogen-bond donors (Lipinski definition) is 2. The first kappa shape index (κ1) is 14.5. The quantitative estimate of drug-likeness (QED) is 0.870. The zero-order chi connectivity index (χ0) is 15.4. The third-order valence-corrected chi connectivity index (χ3v) is 5.17.